The van der Waals surface area contributed by atoms with Gasteiger partial charge in [-0.15, -0.1) is 0 Å². The van der Waals surface area contributed by atoms with Crippen molar-refractivity contribution in [1.29, 1.82) is 0 Å². The summed E-state index contributed by atoms with van der Waals surface area (Å²) in [4.78, 5) is 38.3. The van der Waals surface area contributed by atoms with E-state index < -0.39 is 6.10 Å². The van der Waals surface area contributed by atoms with E-state index in [0.717, 1.165) is 70.6 Å². The summed E-state index contributed by atoms with van der Waals surface area (Å²) in [5, 5.41) is 0. The monoisotopic (exact) mass is 1020 g/mol. The van der Waals surface area contributed by atoms with Gasteiger partial charge in [0.25, 0.3) is 0 Å². The molecule has 0 aliphatic rings. The first-order chi connectivity index (χ1) is 36.0. The zero-order chi connectivity index (χ0) is 52.9. The quantitative estimate of drug-likeness (QED) is 0.0261. The Labute approximate surface area is 455 Å². The highest BCUT2D eigenvalue weighted by molar-refractivity contribution is 5.71. The Balaban J connectivity index is 4.29. The number of hydrogen-bond donors (Lipinski definition) is 0. The summed E-state index contributed by atoms with van der Waals surface area (Å²) in [6.45, 7) is 6.67. The van der Waals surface area contributed by atoms with E-state index in [2.05, 4.69) is 57.2 Å². The van der Waals surface area contributed by atoms with Crippen molar-refractivity contribution in [3.05, 3.63) is 36.5 Å². The van der Waals surface area contributed by atoms with E-state index in [4.69, 9.17) is 14.2 Å². The lowest BCUT2D eigenvalue weighted by Crippen LogP contribution is -2.30. The predicted octanol–water partition coefficient (Wildman–Crippen LogP) is 22.0. The van der Waals surface area contributed by atoms with E-state index in [1.165, 1.54) is 244 Å². The summed E-state index contributed by atoms with van der Waals surface area (Å²) < 4.78 is 16.9. The van der Waals surface area contributed by atoms with Gasteiger partial charge in [-0.05, 0) is 77.0 Å². The zero-order valence-corrected chi connectivity index (χ0v) is 49.2. The number of carbonyl (C=O) groups is 3. The highest BCUT2D eigenvalue weighted by Gasteiger charge is 2.19. The van der Waals surface area contributed by atoms with E-state index in [-0.39, 0.29) is 31.1 Å². The van der Waals surface area contributed by atoms with Crippen molar-refractivity contribution >= 4 is 17.9 Å². The Hall–Kier alpha value is -2.37. The molecule has 73 heavy (non-hydrogen) atoms. The minimum absolute atomic E-state index is 0.0730. The smallest absolute Gasteiger partial charge is 0.306 e. The van der Waals surface area contributed by atoms with Crippen molar-refractivity contribution < 1.29 is 28.6 Å². The van der Waals surface area contributed by atoms with Crippen molar-refractivity contribution in [2.45, 2.75) is 361 Å². The maximum atomic E-state index is 12.9. The first-order valence-corrected chi connectivity index (χ1v) is 32.5. The van der Waals surface area contributed by atoms with Crippen molar-refractivity contribution in [3.63, 3.8) is 0 Å². The minimum atomic E-state index is -0.775. The number of allylic oxidation sites excluding steroid dienone is 6. The topological polar surface area (TPSA) is 78.9 Å². The van der Waals surface area contributed by atoms with Gasteiger partial charge in [-0.2, -0.15) is 0 Å². The molecule has 0 spiro atoms. The fraction of sp³-hybridized carbons (Fsp3) is 0.866. The summed E-state index contributed by atoms with van der Waals surface area (Å²) in [6.07, 6.45) is 75.8. The summed E-state index contributed by atoms with van der Waals surface area (Å²) in [5.41, 5.74) is 0. The normalized spacial score (nSPS) is 12.2. The van der Waals surface area contributed by atoms with Crippen molar-refractivity contribution in [1.82, 2.24) is 0 Å². The molecule has 0 saturated carbocycles. The Morgan fingerprint density at radius 1 is 0.274 bits per heavy atom. The summed E-state index contributed by atoms with van der Waals surface area (Å²) in [7, 11) is 0. The van der Waals surface area contributed by atoms with E-state index >= 15 is 0 Å². The third-order valence-corrected chi connectivity index (χ3v) is 14.6. The Morgan fingerprint density at radius 3 is 0.781 bits per heavy atom. The van der Waals surface area contributed by atoms with Gasteiger partial charge in [0, 0.05) is 19.3 Å². The van der Waals surface area contributed by atoms with Crippen LogP contribution < -0.4 is 0 Å². The number of hydrogen-bond acceptors (Lipinski definition) is 6. The molecule has 0 heterocycles. The first-order valence-electron chi connectivity index (χ1n) is 32.5. The van der Waals surface area contributed by atoms with Gasteiger partial charge >= 0.3 is 17.9 Å². The average Bonchev–Trinajstić information content (AvgIpc) is 3.39. The summed E-state index contributed by atoms with van der Waals surface area (Å²) in [5.74, 6) is -0.862. The second kappa shape index (κ2) is 62.2. The van der Waals surface area contributed by atoms with Crippen LogP contribution in [0.4, 0.5) is 0 Å². The molecule has 0 aromatic heterocycles. The number of unbranched alkanes of at least 4 members (excludes halogenated alkanes) is 43. The summed E-state index contributed by atoms with van der Waals surface area (Å²) in [6, 6.07) is 0. The Kier molecular flexibility index (Phi) is 60.2. The predicted molar refractivity (Wildman–Crippen MR) is 316 cm³/mol. The van der Waals surface area contributed by atoms with Crippen LogP contribution in [0, 0.1) is 0 Å². The van der Waals surface area contributed by atoms with Crippen LogP contribution in [0.3, 0.4) is 0 Å². The van der Waals surface area contributed by atoms with Gasteiger partial charge in [0.2, 0.25) is 0 Å². The third-order valence-electron chi connectivity index (χ3n) is 14.6. The van der Waals surface area contributed by atoms with Crippen LogP contribution in [0.5, 0.6) is 0 Å². The molecule has 0 radical (unpaired) electrons. The van der Waals surface area contributed by atoms with Gasteiger partial charge in [-0.3, -0.25) is 14.4 Å². The molecule has 0 N–H and O–H groups in total. The van der Waals surface area contributed by atoms with E-state index in [1.807, 2.05) is 0 Å². The molecular formula is C67H124O6. The molecule has 0 aromatic carbocycles. The molecule has 0 saturated heterocycles. The Morgan fingerprint density at radius 2 is 0.493 bits per heavy atom. The molecule has 0 aliphatic heterocycles. The van der Waals surface area contributed by atoms with Crippen LogP contribution in [0.2, 0.25) is 0 Å². The van der Waals surface area contributed by atoms with Crippen molar-refractivity contribution in [2.75, 3.05) is 13.2 Å². The molecule has 428 valence electrons. The molecule has 1 unspecified atom stereocenters. The third kappa shape index (κ3) is 60.4. The second-order valence-corrected chi connectivity index (χ2v) is 22.0. The largest absolute Gasteiger partial charge is 0.462 e. The number of rotatable bonds is 60. The van der Waals surface area contributed by atoms with Gasteiger partial charge in [0.05, 0.1) is 0 Å². The van der Waals surface area contributed by atoms with E-state index in [9.17, 15) is 14.4 Å². The molecule has 0 fully saturated rings. The lowest BCUT2D eigenvalue weighted by atomic mass is 10.0. The molecule has 1 atom stereocenters. The van der Waals surface area contributed by atoms with Crippen LogP contribution in [-0.2, 0) is 28.6 Å². The SMILES string of the molecule is CCCCCC/C=C\CCCCCCCC(=O)OCC(COC(=O)CCCCCCCCCCC/C=C\C/C=C\CCCCCCC)OC(=O)CCCCCCCCCCCCCCCCCCCCCCC. The van der Waals surface area contributed by atoms with Crippen LogP contribution in [0.1, 0.15) is 355 Å². The molecule has 0 amide bonds. The highest BCUT2D eigenvalue weighted by atomic mass is 16.6. The van der Waals surface area contributed by atoms with Crippen LogP contribution >= 0.6 is 0 Å². The minimum Gasteiger partial charge on any atom is -0.462 e. The Bertz CT molecular complexity index is 1220. The lowest BCUT2D eigenvalue weighted by Gasteiger charge is -2.18. The second-order valence-electron chi connectivity index (χ2n) is 22.0. The summed E-state index contributed by atoms with van der Waals surface area (Å²) >= 11 is 0. The van der Waals surface area contributed by atoms with E-state index in [0.29, 0.717) is 19.3 Å². The fourth-order valence-electron chi connectivity index (χ4n) is 9.71. The molecule has 6 nitrogen and oxygen atoms in total. The average molecular weight is 1030 g/mol. The van der Waals surface area contributed by atoms with E-state index in [1.54, 1.807) is 0 Å². The first kappa shape index (κ1) is 70.6. The zero-order valence-electron chi connectivity index (χ0n) is 49.2. The van der Waals surface area contributed by atoms with Crippen molar-refractivity contribution in [2.24, 2.45) is 0 Å². The molecule has 0 rings (SSSR count). The number of esters is 3. The van der Waals surface area contributed by atoms with Gasteiger partial charge < -0.3 is 14.2 Å². The maximum Gasteiger partial charge on any atom is 0.306 e. The maximum absolute atomic E-state index is 12.9. The fourth-order valence-corrected chi connectivity index (χ4v) is 9.71. The van der Waals surface area contributed by atoms with Gasteiger partial charge in [-0.1, -0.05) is 295 Å². The molecular weight excluding hydrogens is 901 g/mol. The standard InChI is InChI=1S/C67H124O6/c1-4-7-10-13-16-19-22-25-27-29-31-33-35-37-39-42-45-48-51-54-57-60-66(69)72-63-64(62-71-65(68)59-56-53-50-47-44-41-24-21-18-15-12-9-6-3)73-67(70)61-58-55-52-49-46-43-40-38-36-34-32-30-28-26-23-20-17-14-11-8-5-2/h21-22,24-25,29,31,64H,4-20,23,26-28,30,32-63H2,1-3H3/b24-21-,25-22-,31-29-. The highest BCUT2D eigenvalue weighted by Crippen LogP contribution is 2.18. The number of carbonyl (C=O) groups excluding carboxylic acids is 3. The molecule has 0 aromatic rings. The van der Waals surface area contributed by atoms with Gasteiger partial charge in [0.15, 0.2) is 6.10 Å². The van der Waals surface area contributed by atoms with Crippen LogP contribution in [0.15, 0.2) is 36.5 Å². The molecule has 0 bridgehead atoms. The molecule has 0 aliphatic carbocycles. The molecule has 6 heteroatoms. The van der Waals surface area contributed by atoms with Crippen molar-refractivity contribution in [3.8, 4) is 0 Å². The number of ether oxygens (including phenoxy) is 3. The lowest BCUT2D eigenvalue weighted by molar-refractivity contribution is -0.167. The van der Waals surface area contributed by atoms with Gasteiger partial charge in [0.1, 0.15) is 13.2 Å². The van der Waals surface area contributed by atoms with Crippen LogP contribution in [-0.4, -0.2) is 37.2 Å². The van der Waals surface area contributed by atoms with Crippen LogP contribution in [0.25, 0.3) is 0 Å². The van der Waals surface area contributed by atoms with Gasteiger partial charge in [-0.25, -0.2) is 0 Å².